The summed E-state index contributed by atoms with van der Waals surface area (Å²) in [5.74, 6) is 0.327. The van der Waals surface area contributed by atoms with E-state index in [1.807, 2.05) is 4.90 Å². The summed E-state index contributed by atoms with van der Waals surface area (Å²) < 4.78 is 5.99. The van der Waals surface area contributed by atoms with Gasteiger partial charge in [-0.1, -0.05) is 15.9 Å². The molecule has 0 aliphatic carbocycles. The largest absolute Gasteiger partial charge is 0.384 e. The number of methoxy groups -OCH3 is 1. The van der Waals surface area contributed by atoms with Crippen molar-refractivity contribution in [3.63, 3.8) is 0 Å². The molecule has 0 aromatic heterocycles. The molecule has 1 aromatic rings. The minimum atomic E-state index is -0.0603. The maximum atomic E-state index is 12.6. The molecule has 1 heterocycles. The average molecular weight is 337 g/mol. The summed E-state index contributed by atoms with van der Waals surface area (Å²) in [6.45, 7) is 2.13. The Morgan fingerprint density at radius 2 is 2.40 bits per heavy atom. The number of hydrogen-bond acceptors (Lipinski definition) is 3. The summed E-state index contributed by atoms with van der Waals surface area (Å²) >= 11 is 3.32. The van der Waals surface area contributed by atoms with Crippen LogP contribution in [0.5, 0.6) is 0 Å². The molecule has 20 heavy (non-hydrogen) atoms. The number of halogens is 1. The van der Waals surface area contributed by atoms with Crippen LogP contribution in [0.2, 0.25) is 0 Å². The molecule has 1 saturated heterocycles. The SMILES string of the molecule is COCC1CCCN(C(=O)c2ccc(Br)cc2C#N)C1. The summed E-state index contributed by atoms with van der Waals surface area (Å²) in [6.07, 6.45) is 2.07. The van der Waals surface area contributed by atoms with Crippen molar-refractivity contribution in [2.45, 2.75) is 12.8 Å². The monoisotopic (exact) mass is 336 g/mol. The molecule has 4 nitrogen and oxygen atoms in total. The molecule has 5 heteroatoms. The van der Waals surface area contributed by atoms with Gasteiger partial charge in [0, 0.05) is 24.7 Å². The van der Waals surface area contributed by atoms with Gasteiger partial charge >= 0.3 is 0 Å². The molecule has 0 bridgehead atoms. The first-order chi connectivity index (χ1) is 9.65. The van der Waals surface area contributed by atoms with E-state index in [1.165, 1.54) is 0 Å². The minimum Gasteiger partial charge on any atom is -0.384 e. The average Bonchev–Trinajstić information content (AvgIpc) is 2.47. The third kappa shape index (κ3) is 3.38. The fraction of sp³-hybridized carbons (Fsp3) is 0.467. The quantitative estimate of drug-likeness (QED) is 0.852. The molecule has 2 rings (SSSR count). The molecule has 0 N–H and O–H groups in total. The van der Waals surface area contributed by atoms with Crippen molar-refractivity contribution in [2.24, 2.45) is 5.92 Å². The fourth-order valence-electron chi connectivity index (χ4n) is 2.59. The van der Waals surface area contributed by atoms with Crippen molar-refractivity contribution < 1.29 is 9.53 Å². The third-order valence-corrected chi connectivity index (χ3v) is 4.03. The Hall–Kier alpha value is -1.38. The Kier molecular flexibility index (Phi) is 5.16. The van der Waals surface area contributed by atoms with Crippen LogP contribution < -0.4 is 0 Å². The number of ether oxygens (including phenoxy) is 1. The number of piperidine rings is 1. The second kappa shape index (κ2) is 6.87. The van der Waals surface area contributed by atoms with Gasteiger partial charge in [-0.05, 0) is 37.0 Å². The van der Waals surface area contributed by atoms with E-state index >= 15 is 0 Å². The zero-order valence-corrected chi connectivity index (χ0v) is 13.0. The Balaban J connectivity index is 2.17. The van der Waals surface area contributed by atoms with Gasteiger partial charge in [0.2, 0.25) is 0 Å². The Morgan fingerprint density at radius 1 is 1.60 bits per heavy atom. The highest BCUT2D eigenvalue weighted by Gasteiger charge is 2.25. The number of benzene rings is 1. The normalized spacial score (nSPS) is 18.6. The first-order valence-corrected chi connectivity index (χ1v) is 7.43. The number of nitrogens with zero attached hydrogens (tertiary/aromatic N) is 2. The van der Waals surface area contributed by atoms with Crippen molar-refractivity contribution in [1.82, 2.24) is 4.90 Å². The van der Waals surface area contributed by atoms with Gasteiger partial charge in [-0.25, -0.2) is 0 Å². The molecular weight excluding hydrogens is 320 g/mol. The summed E-state index contributed by atoms with van der Waals surface area (Å²) in [6, 6.07) is 7.28. The van der Waals surface area contributed by atoms with E-state index in [1.54, 1.807) is 25.3 Å². The van der Waals surface area contributed by atoms with E-state index in [0.717, 1.165) is 23.9 Å². The van der Waals surface area contributed by atoms with E-state index in [-0.39, 0.29) is 5.91 Å². The van der Waals surface area contributed by atoms with Gasteiger partial charge in [0.1, 0.15) is 0 Å². The van der Waals surface area contributed by atoms with Crippen LogP contribution in [-0.2, 0) is 4.74 Å². The van der Waals surface area contributed by atoms with E-state index in [4.69, 9.17) is 10.00 Å². The van der Waals surface area contributed by atoms with Crippen LogP contribution in [0.3, 0.4) is 0 Å². The highest BCUT2D eigenvalue weighted by Crippen LogP contribution is 2.22. The first-order valence-electron chi connectivity index (χ1n) is 6.63. The van der Waals surface area contributed by atoms with E-state index in [2.05, 4.69) is 22.0 Å². The standard InChI is InChI=1S/C15H17BrN2O2/c1-20-10-11-3-2-6-18(9-11)15(19)14-5-4-13(16)7-12(14)8-17/h4-5,7,11H,2-3,6,9-10H2,1H3. The van der Waals surface area contributed by atoms with Crippen molar-refractivity contribution in [2.75, 3.05) is 26.8 Å². The van der Waals surface area contributed by atoms with E-state index < -0.39 is 0 Å². The molecule has 0 radical (unpaired) electrons. The fourth-order valence-corrected chi connectivity index (χ4v) is 2.95. The number of likely N-dealkylation sites (tertiary alicyclic amines) is 1. The van der Waals surface area contributed by atoms with Crippen LogP contribution in [0.1, 0.15) is 28.8 Å². The van der Waals surface area contributed by atoms with Crippen LogP contribution in [0, 0.1) is 17.2 Å². The highest BCUT2D eigenvalue weighted by atomic mass is 79.9. The number of nitriles is 1. The molecule has 106 valence electrons. The summed E-state index contributed by atoms with van der Waals surface area (Å²) in [7, 11) is 1.68. The predicted molar refractivity (Wildman–Crippen MR) is 79.4 cm³/mol. The smallest absolute Gasteiger partial charge is 0.255 e. The lowest BCUT2D eigenvalue weighted by atomic mass is 9.97. The first kappa shape index (κ1) is 15.0. The predicted octanol–water partition coefficient (Wildman–Crippen LogP) is 2.82. The topological polar surface area (TPSA) is 53.3 Å². The molecular formula is C15H17BrN2O2. The lowest BCUT2D eigenvalue weighted by molar-refractivity contribution is 0.0570. The molecule has 1 amide bonds. The van der Waals surface area contributed by atoms with Crippen molar-refractivity contribution in [3.8, 4) is 6.07 Å². The van der Waals surface area contributed by atoms with Crippen LogP contribution in [0.25, 0.3) is 0 Å². The third-order valence-electron chi connectivity index (χ3n) is 3.54. The molecule has 1 fully saturated rings. The summed E-state index contributed by atoms with van der Waals surface area (Å²) in [5, 5.41) is 9.16. The van der Waals surface area contributed by atoms with Gasteiger partial charge < -0.3 is 9.64 Å². The number of rotatable bonds is 3. The second-order valence-corrected chi connectivity index (χ2v) is 5.93. The maximum absolute atomic E-state index is 12.6. The molecule has 0 spiro atoms. The van der Waals surface area contributed by atoms with Crippen LogP contribution in [-0.4, -0.2) is 37.6 Å². The van der Waals surface area contributed by atoms with Crippen LogP contribution in [0.4, 0.5) is 0 Å². The molecule has 1 aliphatic rings. The Bertz CT molecular complexity index is 537. The number of carbonyl (C=O) groups excluding carboxylic acids is 1. The van der Waals surface area contributed by atoms with Crippen molar-refractivity contribution in [1.29, 1.82) is 5.26 Å². The number of carbonyl (C=O) groups is 1. The summed E-state index contributed by atoms with van der Waals surface area (Å²) in [5.41, 5.74) is 0.895. The van der Waals surface area contributed by atoms with Gasteiger partial charge in [0.15, 0.2) is 0 Å². The van der Waals surface area contributed by atoms with Gasteiger partial charge in [-0.15, -0.1) is 0 Å². The maximum Gasteiger partial charge on any atom is 0.255 e. The highest BCUT2D eigenvalue weighted by molar-refractivity contribution is 9.10. The molecule has 1 atom stereocenters. The number of hydrogen-bond donors (Lipinski definition) is 0. The zero-order valence-electron chi connectivity index (χ0n) is 11.4. The minimum absolute atomic E-state index is 0.0603. The van der Waals surface area contributed by atoms with Crippen molar-refractivity contribution in [3.05, 3.63) is 33.8 Å². The van der Waals surface area contributed by atoms with Crippen LogP contribution >= 0.6 is 15.9 Å². The van der Waals surface area contributed by atoms with Gasteiger partial charge in [-0.3, -0.25) is 4.79 Å². The summed E-state index contributed by atoms with van der Waals surface area (Å²) in [4.78, 5) is 14.4. The van der Waals surface area contributed by atoms with Gasteiger partial charge in [-0.2, -0.15) is 5.26 Å². The van der Waals surface area contributed by atoms with Gasteiger partial charge in [0.05, 0.1) is 23.8 Å². The molecule has 1 aromatic carbocycles. The van der Waals surface area contributed by atoms with Gasteiger partial charge in [0.25, 0.3) is 5.91 Å². The molecule has 0 saturated carbocycles. The lowest BCUT2D eigenvalue weighted by Crippen LogP contribution is -2.41. The van der Waals surface area contributed by atoms with E-state index in [9.17, 15) is 4.79 Å². The zero-order chi connectivity index (χ0) is 14.5. The Labute approximate surface area is 127 Å². The molecule has 1 aliphatic heterocycles. The molecule has 1 unspecified atom stereocenters. The number of amides is 1. The van der Waals surface area contributed by atoms with E-state index in [0.29, 0.717) is 30.2 Å². The lowest BCUT2D eigenvalue weighted by Gasteiger charge is -2.32. The van der Waals surface area contributed by atoms with Crippen molar-refractivity contribution >= 4 is 21.8 Å². The van der Waals surface area contributed by atoms with Crippen LogP contribution in [0.15, 0.2) is 22.7 Å². The second-order valence-electron chi connectivity index (χ2n) is 5.02. The Morgan fingerprint density at radius 3 is 3.10 bits per heavy atom.